The van der Waals surface area contributed by atoms with Crippen LogP contribution in [0.4, 0.5) is 14.5 Å². The maximum atomic E-state index is 12.3. The molecule has 0 aliphatic rings. The lowest BCUT2D eigenvalue weighted by Crippen LogP contribution is -2.14. The largest absolute Gasteiger partial charge is 0.435 e. The first kappa shape index (κ1) is 17.9. The van der Waals surface area contributed by atoms with Crippen molar-refractivity contribution >= 4 is 21.4 Å². The van der Waals surface area contributed by atoms with Crippen molar-refractivity contribution in [3.8, 4) is 5.75 Å². The first-order valence-corrected chi connectivity index (χ1v) is 8.73. The first-order valence-electron chi connectivity index (χ1n) is 6.84. The number of hydrogen-bond donors (Lipinski definition) is 1. The number of halogens is 2. The van der Waals surface area contributed by atoms with E-state index in [0.29, 0.717) is 11.3 Å². The number of amides is 1. The molecule has 0 aliphatic carbocycles. The number of hydrogen-bond acceptors (Lipinski definition) is 4. The van der Waals surface area contributed by atoms with Crippen LogP contribution < -0.4 is 10.1 Å². The standard InChI is InChI=1S/C16H15F2NO4S/c1-10-3-8-13(24(2,21)22)9-14(10)15(20)19-11-4-6-12(7-5-11)23-16(17)18/h3-9,16H,1-2H3,(H,19,20). The molecule has 0 atom stereocenters. The van der Waals surface area contributed by atoms with E-state index in [-0.39, 0.29) is 16.2 Å². The average Bonchev–Trinajstić information content (AvgIpc) is 2.48. The molecule has 1 N–H and O–H groups in total. The second kappa shape index (κ2) is 6.96. The third-order valence-corrected chi connectivity index (χ3v) is 4.33. The molecule has 1 amide bonds. The first-order chi connectivity index (χ1) is 11.2. The molecule has 128 valence electrons. The van der Waals surface area contributed by atoms with Gasteiger partial charge in [0.1, 0.15) is 5.75 Å². The predicted octanol–water partition coefficient (Wildman–Crippen LogP) is 3.25. The fraction of sp³-hybridized carbons (Fsp3) is 0.188. The average molecular weight is 355 g/mol. The van der Waals surface area contributed by atoms with Gasteiger partial charge in [-0.15, -0.1) is 0 Å². The van der Waals surface area contributed by atoms with E-state index in [1.165, 1.54) is 36.4 Å². The molecule has 0 bridgehead atoms. The minimum absolute atomic E-state index is 0.0294. The van der Waals surface area contributed by atoms with E-state index in [4.69, 9.17) is 0 Å². The number of alkyl halides is 2. The summed E-state index contributed by atoms with van der Waals surface area (Å²) in [5.74, 6) is -0.529. The molecule has 0 unspecified atom stereocenters. The number of nitrogens with one attached hydrogen (secondary N) is 1. The summed E-state index contributed by atoms with van der Waals surface area (Å²) in [6, 6.07) is 9.68. The highest BCUT2D eigenvalue weighted by molar-refractivity contribution is 7.90. The third kappa shape index (κ3) is 4.51. The Morgan fingerprint density at radius 1 is 1.12 bits per heavy atom. The molecular formula is C16H15F2NO4S. The Labute approximate surface area is 138 Å². The molecule has 0 radical (unpaired) electrons. The molecule has 0 spiro atoms. The SMILES string of the molecule is Cc1ccc(S(C)(=O)=O)cc1C(=O)Nc1ccc(OC(F)F)cc1. The topological polar surface area (TPSA) is 72.5 Å². The van der Waals surface area contributed by atoms with Gasteiger partial charge in [-0.2, -0.15) is 8.78 Å². The van der Waals surface area contributed by atoms with Gasteiger partial charge in [-0.3, -0.25) is 4.79 Å². The van der Waals surface area contributed by atoms with Crippen LogP contribution in [0.1, 0.15) is 15.9 Å². The molecule has 0 saturated heterocycles. The maximum absolute atomic E-state index is 12.3. The molecule has 5 nitrogen and oxygen atoms in total. The number of benzene rings is 2. The Bertz CT molecular complexity index is 849. The van der Waals surface area contributed by atoms with Crippen molar-refractivity contribution in [2.75, 3.05) is 11.6 Å². The zero-order valence-electron chi connectivity index (χ0n) is 12.9. The number of aryl methyl sites for hydroxylation is 1. The molecule has 0 saturated carbocycles. The summed E-state index contributed by atoms with van der Waals surface area (Å²) >= 11 is 0. The van der Waals surface area contributed by atoms with Gasteiger partial charge in [-0.1, -0.05) is 6.07 Å². The number of rotatable bonds is 5. The smallest absolute Gasteiger partial charge is 0.387 e. The minimum atomic E-state index is -3.43. The molecule has 2 aromatic carbocycles. The molecule has 0 aliphatic heterocycles. The second-order valence-electron chi connectivity index (χ2n) is 5.11. The van der Waals surface area contributed by atoms with Crippen molar-refractivity contribution in [2.45, 2.75) is 18.4 Å². The van der Waals surface area contributed by atoms with E-state index in [0.717, 1.165) is 6.26 Å². The van der Waals surface area contributed by atoms with Gasteiger partial charge in [0.2, 0.25) is 0 Å². The Balaban J connectivity index is 2.21. The van der Waals surface area contributed by atoms with Crippen molar-refractivity contribution in [3.05, 3.63) is 53.6 Å². The molecule has 0 aromatic heterocycles. The monoisotopic (exact) mass is 355 g/mol. The molecule has 2 aromatic rings. The number of carbonyl (C=O) groups excluding carboxylic acids is 1. The van der Waals surface area contributed by atoms with E-state index in [9.17, 15) is 22.0 Å². The van der Waals surface area contributed by atoms with Crippen molar-refractivity contribution in [1.29, 1.82) is 0 Å². The van der Waals surface area contributed by atoms with Crippen LogP contribution in [0.15, 0.2) is 47.4 Å². The van der Waals surface area contributed by atoms with Gasteiger partial charge in [-0.05, 0) is 48.9 Å². The van der Waals surface area contributed by atoms with Gasteiger partial charge < -0.3 is 10.1 Å². The molecule has 0 fully saturated rings. The lowest BCUT2D eigenvalue weighted by Gasteiger charge is -2.10. The summed E-state index contributed by atoms with van der Waals surface area (Å²) in [5, 5.41) is 2.58. The van der Waals surface area contributed by atoms with E-state index in [2.05, 4.69) is 10.1 Å². The van der Waals surface area contributed by atoms with E-state index in [1.54, 1.807) is 13.0 Å². The van der Waals surface area contributed by atoms with Gasteiger partial charge in [-0.25, -0.2) is 8.42 Å². The molecule has 24 heavy (non-hydrogen) atoms. The molecule has 8 heteroatoms. The number of sulfone groups is 1. The van der Waals surface area contributed by atoms with Crippen LogP contribution in [0.25, 0.3) is 0 Å². The fourth-order valence-electron chi connectivity index (χ4n) is 1.99. The summed E-state index contributed by atoms with van der Waals surface area (Å²) in [4.78, 5) is 12.4. The van der Waals surface area contributed by atoms with Crippen LogP contribution in [-0.2, 0) is 9.84 Å². The number of ether oxygens (including phenoxy) is 1. The van der Waals surface area contributed by atoms with E-state index < -0.39 is 22.4 Å². The number of carbonyl (C=O) groups is 1. The molecule has 0 heterocycles. The van der Waals surface area contributed by atoms with Crippen LogP contribution in [0.3, 0.4) is 0 Å². The maximum Gasteiger partial charge on any atom is 0.387 e. The van der Waals surface area contributed by atoms with Crippen molar-refractivity contribution in [3.63, 3.8) is 0 Å². The summed E-state index contributed by atoms with van der Waals surface area (Å²) in [7, 11) is -3.43. The summed E-state index contributed by atoms with van der Waals surface area (Å²) in [6.07, 6.45) is 1.06. The van der Waals surface area contributed by atoms with Gasteiger partial charge in [0.25, 0.3) is 5.91 Å². The van der Waals surface area contributed by atoms with Gasteiger partial charge in [0.15, 0.2) is 9.84 Å². The Kier molecular flexibility index (Phi) is 5.18. The van der Waals surface area contributed by atoms with Crippen molar-refractivity contribution < 1.29 is 26.7 Å². The van der Waals surface area contributed by atoms with Gasteiger partial charge in [0.05, 0.1) is 4.90 Å². The predicted molar refractivity (Wildman–Crippen MR) is 85.3 cm³/mol. The van der Waals surface area contributed by atoms with Crippen LogP contribution in [0.2, 0.25) is 0 Å². The van der Waals surface area contributed by atoms with Crippen LogP contribution in [-0.4, -0.2) is 27.2 Å². The lowest BCUT2D eigenvalue weighted by atomic mass is 10.1. The molecule has 2 rings (SSSR count). The Morgan fingerprint density at radius 3 is 2.29 bits per heavy atom. The second-order valence-corrected chi connectivity index (χ2v) is 7.12. The van der Waals surface area contributed by atoms with E-state index >= 15 is 0 Å². The van der Waals surface area contributed by atoms with Gasteiger partial charge >= 0.3 is 6.61 Å². The summed E-state index contributed by atoms with van der Waals surface area (Å²) in [6.45, 7) is -1.24. The highest BCUT2D eigenvalue weighted by Crippen LogP contribution is 2.20. The highest BCUT2D eigenvalue weighted by atomic mass is 32.2. The lowest BCUT2D eigenvalue weighted by molar-refractivity contribution is -0.0498. The molecular weight excluding hydrogens is 340 g/mol. The summed E-state index contributed by atoms with van der Waals surface area (Å²) < 4.78 is 51.6. The van der Waals surface area contributed by atoms with Gasteiger partial charge in [0, 0.05) is 17.5 Å². The van der Waals surface area contributed by atoms with E-state index in [1.807, 2.05) is 0 Å². The number of anilines is 1. The van der Waals surface area contributed by atoms with Crippen LogP contribution in [0, 0.1) is 6.92 Å². The van der Waals surface area contributed by atoms with Crippen molar-refractivity contribution in [2.24, 2.45) is 0 Å². The van der Waals surface area contributed by atoms with Crippen LogP contribution in [0.5, 0.6) is 5.75 Å². The van der Waals surface area contributed by atoms with Crippen LogP contribution >= 0.6 is 0 Å². The van der Waals surface area contributed by atoms with Crippen molar-refractivity contribution in [1.82, 2.24) is 0 Å². The minimum Gasteiger partial charge on any atom is -0.435 e. The third-order valence-electron chi connectivity index (χ3n) is 3.22. The Morgan fingerprint density at radius 2 is 1.75 bits per heavy atom. The zero-order valence-corrected chi connectivity index (χ0v) is 13.7. The highest BCUT2D eigenvalue weighted by Gasteiger charge is 2.15. The summed E-state index contributed by atoms with van der Waals surface area (Å²) in [5.41, 5.74) is 1.19. The fourth-order valence-corrected chi connectivity index (χ4v) is 2.64. The normalized spacial score (nSPS) is 11.4. The zero-order chi connectivity index (χ0) is 17.9. The quantitative estimate of drug-likeness (QED) is 0.894. The Hall–Kier alpha value is -2.48.